The summed E-state index contributed by atoms with van der Waals surface area (Å²) in [6.45, 7) is 6.36. The predicted octanol–water partition coefficient (Wildman–Crippen LogP) is 2.27. The Kier molecular flexibility index (Phi) is 4.93. The van der Waals surface area contributed by atoms with Gasteiger partial charge in [-0.05, 0) is 44.7 Å². The number of rotatable bonds is 6. The molecule has 1 aromatic heterocycles. The minimum absolute atomic E-state index is 0.396. The van der Waals surface area contributed by atoms with Crippen LogP contribution in [0, 0.1) is 5.92 Å². The highest BCUT2D eigenvalue weighted by Crippen LogP contribution is 2.30. The number of piperidine rings is 1. The first-order valence-corrected chi connectivity index (χ1v) is 7.33. The molecule has 1 N–H and O–H groups in total. The third-order valence-corrected chi connectivity index (χ3v) is 4.27. The maximum absolute atomic E-state index is 5.63. The number of methoxy groups -OCH3 is 1. The molecule has 2 heterocycles. The van der Waals surface area contributed by atoms with Gasteiger partial charge >= 0.3 is 0 Å². The molecule has 0 aromatic carbocycles. The van der Waals surface area contributed by atoms with Gasteiger partial charge in [0.15, 0.2) is 0 Å². The fourth-order valence-electron chi connectivity index (χ4n) is 2.81. The Labute approximate surface area is 115 Å². The summed E-state index contributed by atoms with van der Waals surface area (Å²) in [5, 5.41) is 7.55. The number of hydrogen-bond donors (Lipinski definition) is 1. The smallest absolute Gasteiger partial charge is 0.227 e. The number of nitrogens with one attached hydrogen (secondary N) is 1. The van der Waals surface area contributed by atoms with Crippen molar-refractivity contribution in [3.05, 3.63) is 11.7 Å². The van der Waals surface area contributed by atoms with Crippen LogP contribution in [0.2, 0.25) is 0 Å². The Morgan fingerprint density at radius 1 is 1.42 bits per heavy atom. The first-order valence-electron chi connectivity index (χ1n) is 7.33. The molecule has 5 nitrogen and oxygen atoms in total. The molecule has 19 heavy (non-hydrogen) atoms. The Bertz CT molecular complexity index is 374. The monoisotopic (exact) mass is 267 g/mol. The van der Waals surface area contributed by atoms with Crippen LogP contribution in [0.4, 0.5) is 0 Å². The molecule has 1 aliphatic heterocycles. The van der Waals surface area contributed by atoms with E-state index >= 15 is 0 Å². The summed E-state index contributed by atoms with van der Waals surface area (Å²) in [7, 11) is 1.72. The third-order valence-electron chi connectivity index (χ3n) is 4.27. The SMILES string of the molecule is CCC(CC)(OC)c1noc(CC2CCCNC2)n1. The van der Waals surface area contributed by atoms with Gasteiger partial charge in [0.2, 0.25) is 11.7 Å². The summed E-state index contributed by atoms with van der Waals surface area (Å²) in [5.74, 6) is 2.05. The minimum atomic E-state index is -0.396. The maximum Gasteiger partial charge on any atom is 0.227 e. The average molecular weight is 267 g/mol. The Balaban J connectivity index is 2.05. The van der Waals surface area contributed by atoms with Gasteiger partial charge in [-0.15, -0.1) is 0 Å². The van der Waals surface area contributed by atoms with E-state index in [4.69, 9.17) is 9.26 Å². The standard InChI is InChI=1S/C14H25N3O2/c1-4-14(5-2,18-3)13-16-12(19-17-13)9-11-7-6-8-15-10-11/h11,15H,4-10H2,1-3H3. The van der Waals surface area contributed by atoms with Gasteiger partial charge in [0.05, 0.1) is 0 Å². The lowest BCUT2D eigenvalue weighted by atomic mass is 9.95. The Hall–Kier alpha value is -0.940. The van der Waals surface area contributed by atoms with Gasteiger partial charge < -0.3 is 14.6 Å². The van der Waals surface area contributed by atoms with Crippen molar-refractivity contribution >= 4 is 0 Å². The third kappa shape index (κ3) is 3.15. The van der Waals surface area contributed by atoms with Crippen molar-refractivity contribution in [1.29, 1.82) is 0 Å². The summed E-state index contributed by atoms with van der Waals surface area (Å²) in [6.07, 6.45) is 5.04. The highest BCUT2D eigenvalue weighted by atomic mass is 16.5. The van der Waals surface area contributed by atoms with Crippen LogP contribution in [0.1, 0.15) is 51.2 Å². The topological polar surface area (TPSA) is 60.2 Å². The second-order valence-corrected chi connectivity index (χ2v) is 5.33. The molecule has 1 aromatic rings. The van der Waals surface area contributed by atoms with E-state index in [1.165, 1.54) is 12.8 Å². The molecule has 1 saturated heterocycles. The predicted molar refractivity (Wildman–Crippen MR) is 72.9 cm³/mol. The lowest BCUT2D eigenvalue weighted by molar-refractivity contribution is -0.0306. The van der Waals surface area contributed by atoms with E-state index in [0.29, 0.717) is 11.7 Å². The van der Waals surface area contributed by atoms with Gasteiger partial charge in [0.25, 0.3) is 0 Å². The second kappa shape index (κ2) is 6.48. The number of aromatic nitrogens is 2. The summed E-state index contributed by atoms with van der Waals surface area (Å²) in [5.41, 5.74) is -0.396. The van der Waals surface area contributed by atoms with E-state index in [1.807, 2.05) is 0 Å². The van der Waals surface area contributed by atoms with Crippen LogP contribution < -0.4 is 5.32 Å². The molecule has 0 saturated carbocycles. The van der Waals surface area contributed by atoms with Crippen LogP contribution in [-0.4, -0.2) is 30.3 Å². The zero-order valence-corrected chi connectivity index (χ0v) is 12.2. The largest absolute Gasteiger partial charge is 0.370 e. The summed E-state index contributed by atoms with van der Waals surface area (Å²) >= 11 is 0. The van der Waals surface area contributed by atoms with Crippen molar-refractivity contribution in [2.45, 2.75) is 51.6 Å². The van der Waals surface area contributed by atoms with Gasteiger partial charge in [0.1, 0.15) is 5.60 Å². The summed E-state index contributed by atoms with van der Waals surface area (Å²) in [6, 6.07) is 0. The van der Waals surface area contributed by atoms with E-state index in [0.717, 1.165) is 38.2 Å². The summed E-state index contributed by atoms with van der Waals surface area (Å²) < 4.78 is 11.0. The molecule has 0 spiro atoms. The van der Waals surface area contributed by atoms with Crippen molar-refractivity contribution in [1.82, 2.24) is 15.5 Å². The van der Waals surface area contributed by atoms with Gasteiger partial charge in [0, 0.05) is 13.5 Å². The average Bonchev–Trinajstić information content (AvgIpc) is 2.92. The molecule has 0 aliphatic carbocycles. The van der Waals surface area contributed by atoms with Crippen LogP contribution in [-0.2, 0) is 16.8 Å². The molecule has 1 fully saturated rings. The van der Waals surface area contributed by atoms with Crippen molar-refractivity contribution < 1.29 is 9.26 Å². The molecule has 0 amide bonds. The van der Waals surface area contributed by atoms with Gasteiger partial charge in [-0.2, -0.15) is 4.98 Å². The molecule has 1 atom stereocenters. The van der Waals surface area contributed by atoms with Crippen molar-refractivity contribution in [3.8, 4) is 0 Å². The fraction of sp³-hybridized carbons (Fsp3) is 0.857. The van der Waals surface area contributed by atoms with E-state index in [-0.39, 0.29) is 0 Å². The molecule has 108 valence electrons. The molecule has 2 rings (SSSR count). The van der Waals surface area contributed by atoms with Gasteiger partial charge in [-0.25, -0.2) is 0 Å². The molecular weight excluding hydrogens is 242 g/mol. The maximum atomic E-state index is 5.63. The Morgan fingerprint density at radius 3 is 2.79 bits per heavy atom. The minimum Gasteiger partial charge on any atom is -0.370 e. The molecular formula is C14H25N3O2. The fourth-order valence-corrected chi connectivity index (χ4v) is 2.81. The first-order chi connectivity index (χ1) is 9.24. The number of ether oxygens (including phenoxy) is 1. The lowest BCUT2D eigenvalue weighted by Crippen LogP contribution is -2.31. The van der Waals surface area contributed by atoms with Crippen molar-refractivity contribution in [2.75, 3.05) is 20.2 Å². The number of nitrogens with zero attached hydrogens (tertiary/aromatic N) is 2. The zero-order chi connectivity index (χ0) is 13.7. The Morgan fingerprint density at radius 2 is 2.21 bits per heavy atom. The van der Waals surface area contributed by atoms with Crippen LogP contribution in [0.3, 0.4) is 0 Å². The van der Waals surface area contributed by atoms with E-state index in [9.17, 15) is 0 Å². The molecule has 0 radical (unpaired) electrons. The van der Waals surface area contributed by atoms with Crippen LogP contribution in [0.5, 0.6) is 0 Å². The number of hydrogen-bond acceptors (Lipinski definition) is 5. The molecule has 5 heteroatoms. The van der Waals surface area contributed by atoms with E-state index < -0.39 is 5.60 Å². The zero-order valence-electron chi connectivity index (χ0n) is 12.2. The normalized spacial score (nSPS) is 20.7. The van der Waals surface area contributed by atoms with Crippen LogP contribution in [0.15, 0.2) is 4.52 Å². The van der Waals surface area contributed by atoms with E-state index in [2.05, 4.69) is 29.3 Å². The first kappa shape index (κ1) is 14.5. The van der Waals surface area contributed by atoms with Gasteiger partial charge in [-0.1, -0.05) is 19.0 Å². The van der Waals surface area contributed by atoms with Crippen LogP contribution in [0.25, 0.3) is 0 Å². The lowest BCUT2D eigenvalue weighted by Gasteiger charge is -2.26. The van der Waals surface area contributed by atoms with Crippen LogP contribution >= 0.6 is 0 Å². The second-order valence-electron chi connectivity index (χ2n) is 5.33. The van der Waals surface area contributed by atoms with Gasteiger partial charge in [-0.3, -0.25) is 0 Å². The molecule has 1 aliphatic rings. The van der Waals surface area contributed by atoms with Crippen molar-refractivity contribution in [2.24, 2.45) is 5.92 Å². The summed E-state index contributed by atoms with van der Waals surface area (Å²) in [4.78, 5) is 4.56. The molecule has 1 unspecified atom stereocenters. The quantitative estimate of drug-likeness (QED) is 0.856. The van der Waals surface area contributed by atoms with E-state index in [1.54, 1.807) is 7.11 Å². The highest BCUT2D eigenvalue weighted by Gasteiger charge is 2.33. The highest BCUT2D eigenvalue weighted by molar-refractivity contribution is 5.01. The molecule has 0 bridgehead atoms. The van der Waals surface area contributed by atoms with Crippen molar-refractivity contribution in [3.63, 3.8) is 0 Å².